The van der Waals surface area contributed by atoms with Crippen molar-refractivity contribution in [2.75, 3.05) is 27.9 Å². The Balaban J connectivity index is 1.85. The Morgan fingerprint density at radius 2 is 1.62 bits per heavy atom. The predicted molar refractivity (Wildman–Crippen MR) is 135 cm³/mol. The van der Waals surface area contributed by atoms with Gasteiger partial charge in [-0.1, -0.05) is 0 Å². The Morgan fingerprint density at radius 3 is 2.23 bits per heavy atom. The van der Waals surface area contributed by atoms with Crippen LogP contribution in [0.5, 0.6) is 34.5 Å². The van der Waals surface area contributed by atoms with Crippen molar-refractivity contribution in [3.63, 3.8) is 0 Å². The van der Waals surface area contributed by atoms with Crippen LogP contribution in [0, 0.1) is 0 Å². The van der Waals surface area contributed by atoms with Gasteiger partial charge in [-0.3, -0.25) is 9.59 Å². The first-order chi connectivity index (χ1) is 19.0. The first kappa shape index (κ1) is 28.8. The Hall–Kier alpha value is -4.24. The van der Waals surface area contributed by atoms with Crippen LogP contribution in [-0.4, -0.2) is 90.1 Å². The van der Waals surface area contributed by atoms with E-state index in [1.807, 2.05) is 0 Å². The summed E-state index contributed by atoms with van der Waals surface area (Å²) in [5, 5.41) is 52.0. The largest absolute Gasteiger partial charge is 0.504 e. The lowest BCUT2D eigenvalue weighted by Crippen LogP contribution is -2.60. The van der Waals surface area contributed by atoms with E-state index in [1.54, 1.807) is 0 Å². The summed E-state index contributed by atoms with van der Waals surface area (Å²) in [4.78, 5) is 24.7. The molecule has 3 aromatic rings. The van der Waals surface area contributed by atoms with Gasteiger partial charge in [-0.15, -0.1) is 0 Å². The molecule has 1 fully saturated rings. The topological polar surface area (TPSA) is 204 Å². The van der Waals surface area contributed by atoms with Crippen molar-refractivity contribution in [1.29, 1.82) is 0 Å². The third kappa shape index (κ3) is 5.16. The molecule has 14 nitrogen and oxygen atoms in total. The van der Waals surface area contributed by atoms with E-state index in [4.69, 9.17) is 32.8 Å². The number of aliphatic hydroxyl groups is 3. The SMILES string of the molecule is COc1ccc(-c2cc(=O)c3c(O[C@@H]4O[C@H](COC(C)=O)[C@H](O)[C@H](O)[C@H]4O)c(OC)c(O)c(OC)c3o2)cc1O. The monoisotopic (exact) mass is 564 g/mol. The van der Waals surface area contributed by atoms with Crippen LogP contribution in [0.15, 0.2) is 33.5 Å². The maximum absolute atomic E-state index is 13.5. The summed E-state index contributed by atoms with van der Waals surface area (Å²) in [6, 6.07) is 5.38. The van der Waals surface area contributed by atoms with Gasteiger partial charge in [0.2, 0.25) is 23.5 Å². The predicted octanol–water partition coefficient (Wildman–Crippen LogP) is 0.646. The van der Waals surface area contributed by atoms with Crippen LogP contribution in [-0.2, 0) is 14.3 Å². The van der Waals surface area contributed by atoms with Gasteiger partial charge in [-0.25, -0.2) is 0 Å². The third-order valence-corrected chi connectivity index (χ3v) is 6.24. The fourth-order valence-electron chi connectivity index (χ4n) is 4.24. The second-order valence-corrected chi connectivity index (χ2v) is 8.75. The number of carbonyl (C=O) groups excluding carboxylic acids is 1. The number of phenolic OH excluding ortho intramolecular Hbond substituents is 2. The van der Waals surface area contributed by atoms with Crippen molar-refractivity contribution in [3.8, 4) is 45.8 Å². The van der Waals surface area contributed by atoms with E-state index in [-0.39, 0.29) is 45.3 Å². The molecule has 1 saturated heterocycles. The molecule has 0 spiro atoms. The highest BCUT2D eigenvalue weighted by molar-refractivity contribution is 5.95. The van der Waals surface area contributed by atoms with Crippen LogP contribution in [0.1, 0.15) is 6.92 Å². The number of aromatic hydroxyl groups is 2. The molecule has 0 radical (unpaired) electrons. The molecular formula is C26H28O14. The van der Waals surface area contributed by atoms with E-state index >= 15 is 0 Å². The minimum Gasteiger partial charge on any atom is -0.504 e. The lowest BCUT2D eigenvalue weighted by atomic mass is 9.99. The lowest BCUT2D eigenvalue weighted by molar-refractivity contribution is -0.278. The second-order valence-electron chi connectivity index (χ2n) is 8.75. The summed E-state index contributed by atoms with van der Waals surface area (Å²) in [6.07, 6.45) is -8.34. The van der Waals surface area contributed by atoms with Gasteiger partial charge in [0.1, 0.15) is 42.2 Å². The van der Waals surface area contributed by atoms with Gasteiger partial charge >= 0.3 is 5.97 Å². The molecule has 2 heterocycles. The van der Waals surface area contributed by atoms with Crippen molar-refractivity contribution in [3.05, 3.63) is 34.5 Å². The first-order valence-corrected chi connectivity index (χ1v) is 11.8. The molecule has 1 aliphatic heterocycles. The number of hydrogen-bond acceptors (Lipinski definition) is 14. The first-order valence-electron chi connectivity index (χ1n) is 11.8. The molecule has 0 unspecified atom stereocenters. The fourth-order valence-corrected chi connectivity index (χ4v) is 4.24. The van der Waals surface area contributed by atoms with E-state index in [1.165, 1.54) is 39.5 Å². The zero-order valence-corrected chi connectivity index (χ0v) is 21.8. The highest BCUT2D eigenvalue weighted by Gasteiger charge is 2.46. The van der Waals surface area contributed by atoms with Crippen molar-refractivity contribution < 1.29 is 63.2 Å². The Bertz CT molecular complexity index is 1460. The molecule has 2 aromatic carbocycles. The van der Waals surface area contributed by atoms with Crippen molar-refractivity contribution in [2.45, 2.75) is 37.6 Å². The zero-order chi connectivity index (χ0) is 29.3. The molecule has 40 heavy (non-hydrogen) atoms. The molecule has 5 atom stereocenters. The van der Waals surface area contributed by atoms with Gasteiger partial charge < -0.3 is 58.4 Å². The number of esters is 1. The molecule has 216 valence electrons. The summed E-state index contributed by atoms with van der Waals surface area (Å²) in [6.45, 7) is 0.651. The highest BCUT2D eigenvalue weighted by atomic mass is 16.7. The third-order valence-electron chi connectivity index (χ3n) is 6.24. The van der Waals surface area contributed by atoms with E-state index in [0.29, 0.717) is 0 Å². The van der Waals surface area contributed by atoms with Gasteiger partial charge in [0.05, 0.1) is 21.3 Å². The number of carbonyl (C=O) groups is 1. The number of rotatable bonds is 8. The van der Waals surface area contributed by atoms with Crippen molar-refractivity contribution >= 4 is 16.9 Å². The maximum atomic E-state index is 13.5. The fraction of sp³-hybridized carbons (Fsp3) is 0.385. The number of aliphatic hydroxyl groups excluding tert-OH is 3. The molecule has 4 rings (SSSR count). The van der Waals surface area contributed by atoms with Gasteiger partial charge in [0, 0.05) is 18.6 Å². The number of phenols is 2. The van der Waals surface area contributed by atoms with E-state index in [0.717, 1.165) is 13.0 Å². The Labute approximate surface area is 226 Å². The van der Waals surface area contributed by atoms with Gasteiger partial charge in [-0.2, -0.15) is 0 Å². The molecule has 1 aromatic heterocycles. The highest BCUT2D eigenvalue weighted by Crippen LogP contribution is 2.50. The van der Waals surface area contributed by atoms with Gasteiger partial charge in [-0.05, 0) is 18.2 Å². The molecule has 5 N–H and O–H groups in total. The summed E-state index contributed by atoms with van der Waals surface area (Å²) < 4.78 is 37.7. The Morgan fingerprint density at radius 1 is 0.925 bits per heavy atom. The van der Waals surface area contributed by atoms with Crippen LogP contribution in [0.2, 0.25) is 0 Å². The van der Waals surface area contributed by atoms with Crippen LogP contribution in [0.3, 0.4) is 0 Å². The van der Waals surface area contributed by atoms with Crippen molar-refractivity contribution in [1.82, 2.24) is 0 Å². The van der Waals surface area contributed by atoms with Gasteiger partial charge in [0.25, 0.3) is 0 Å². The van der Waals surface area contributed by atoms with Gasteiger partial charge in [0.15, 0.2) is 28.3 Å². The molecule has 0 saturated carbocycles. The molecular weight excluding hydrogens is 536 g/mol. The van der Waals surface area contributed by atoms with Crippen LogP contribution in [0.25, 0.3) is 22.3 Å². The average molecular weight is 564 g/mol. The minimum atomic E-state index is -1.85. The minimum absolute atomic E-state index is 0.0155. The normalized spacial score (nSPS) is 22.5. The number of hydrogen-bond donors (Lipinski definition) is 5. The summed E-state index contributed by atoms with van der Waals surface area (Å²) in [7, 11) is 3.76. The summed E-state index contributed by atoms with van der Waals surface area (Å²) in [5.74, 6) is -2.47. The van der Waals surface area contributed by atoms with E-state index < -0.39 is 60.2 Å². The van der Waals surface area contributed by atoms with Crippen LogP contribution in [0.4, 0.5) is 0 Å². The second kappa shape index (κ2) is 11.5. The van der Waals surface area contributed by atoms with Crippen molar-refractivity contribution in [2.24, 2.45) is 0 Å². The zero-order valence-electron chi connectivity index (χ0n) is 21.8. The quantitative estimate of drug-likeness (QED) is 0.238. The molecule has 0 aliphatic carbocycles. The lowest BCUT2D eigenvalue weighted by Gasteiger charge is -2.40. The number of benzene rings is 2. The van der Waals surface area contributed by atoms with Crippen LogP contribution >= 0.6 is 0 Å². The summed E-state index contributed by atoms with van der Waals surface area (Å²) >= 11 is 0. The molecule has 1 aliphatic rings. The molecule has 0 amide bonds. The van der Waals surface area contributed by atoms with Crippen LogP contribution < -0.4 is 24.4 Å². The maximum Gasteiger partial charge on any atom is 0.302 e. The standard InChI is InChI=1S/C26H28O14/c1-10(27)37-9-16-18(30)19(31)20(32)26(39-16)40-23-17-13(29)8-15(11-5-6-14(34-2)12(28)7-11)38-22(17)24(35-3)21(33)25(23)36-4/h5-8,16,18-20,26,28,30-33H,9H2,1-4H3/t16-,18+,19+,20-,26+/m1/s1. The smallest absolute Gasteiger partial charge is 0.302 e. The molecule has 0 bridgehead atoms. The number of ether oxygens (including phenoxy) is 6. The van der Waals surface area contributed by atoms with E-state index in [2.05, 4.69) is 0 Å². The summed E-state index contributed by atoms with van der Waals surface area (Å²) in [5.41, 5.74) is -0.704. The molecule has 14 heteroatoms. The number of fused-ring (bicyclic) bond motifs is 1. The average Bonchev–Trinajstić information content (AvgIpc) is 2.92. The van der Waals surface area contributed by atoms with E-state index in [9.17, 15) is 35.1 Å². The Kier molecular flexibility index (Phi) is 8.25. The number of methoxy groups -OCH3 is 3.